The van der Waals surface area contributed by atoms with Gasteiger partial charge in [-0.05, 0) is 42.5 Å². The Hall–Kier alpha value is -3.30. The maximum atomic E-state index is 14.2. The van der Waals surface area contributed by atoms with Gasteiger partial charge in [0.25, 0.3) is 0 Å². The molecule has 146 valence electrons. The number of carbonyl (C=O) groups excluding carboxylic acids is 1. The molecule has 0 saturated heterocycles. The summed E-state index contributed by atoms with van der Waals surface area (Å²) in [6.45, 7) is 0. The SMILES string of the molecule is CN(c1ccc2nc(NC(=O)Nc3ccccn3)sc2n1)c1ccc(Cl)cc1F. The van der Waals surface area contributed by atoms with Gasteiger partial charge in [-0.15, -0.1) is 0 Å². The number of nitrogens with one attached hydrogen (secondary N) is 2. The van der Waals surface area contributed by atoms with Gasteiger partial charge in [0.1, 0.15) is 27.8 Å². The molecule has 0 unspecified atom stereocenters. The van der Waals surface area contributed by atoms with Crippen LogP contribution in [0.3, 0.4) is 0 Å². The Labute approximate surface area is 174 Å². The van der Waals surface area contributed by atoms with Crippen molar-refractivity contribution in [1.82, 2.24) is 15.0 Å². The van der Waals surface area contributed by atoms with E-state index in [2.05, 4.69) is 25.6 Å². The molecule has 3 heterocycles. The minimum Gasteiger partial charge on any atom is -0.327 e. The third-order valence-electron chi connectivity index (χ3n) is 3.98. The van der Waals surface area contributed by atoms with E-state index in [1.807, 2.05) is 0 Å². The number of carbonyl (C=O) groups is 1. The van der Waals surface area contributed by atoms with Crippen LogP contribution in [0.2, 0.25) is 5.02 Å². The topological polar surface area (TPSA) is 83.0 Å². The maximum Gasteiger partial charge on any atom is 0.326 e. The number of thiazole rings is 1. The fourth-order valence-corrected chi connectivity index (χ4v) is 3.59. The third-order valence-corrected chi connectivity index (χ3v) is 5.10. The van der Waals surface area contributed by atoms with Gasteiger partial charge >= 0.3 is 6.03 Å². The van der Waals surface area contributed by atoms with Crippen LogP contribution in [0.4, 0.5) is 31.6 Å². The zero-order chi connectivity index (χ0) is 20.4. The van der Waals surface area contributed by atoms with Crippen molar-refractivity contribution in [3.05, 3.63) is 65.6 Å². The average Bonchev–Trinajstić information content (AvgIpc) is 3.09. The van der Waals surface area contributed by atoms with Crippen molar-refractivity contribution in [2.75, 3.05) is 22.6 Å². The van der Waals surface area contributed by atoms with Crippen LogP contribution in [0.1, 0.15) is 0 Å². The first-order chi connectivity index (χ1) is 14.0. The molecule has 0 aliphatic carbocycles. The quantitative estimate of drug-likeness (QED) is 0.461. The predicted molar refractivity (Wildman–Crippen MR) is 114 cm³/mol. The second kappa shape index (κ2) is 7.98. The van der Waals surface area contributed by atoms with Crippen molar-refractivity contribution in [2.24, 2.45) is 0 Å². The number of benzene rings is 1. The molecular weight excluding hydrogens is 415 g/mol. The largest absolute Gasteiger partial charge is 0.327 e. The van der Waals surface area contributed by atoms with Gasteiger partial charge in [0, 0.05) is 18.3 Å². The maximum absolute atomic E-state index is 14.2. The molecule has 0 aliphatic rings. The summed E-state index contributed by atoms with van der Waals surface area (Å²) in [5.41, 5.74) is 0.968. The number of hydrogen-bond donors (Lipinski definition) is 2. The van der Waals surface area contributed by atoms with Crippen molar-refractivity contribution >= 4 is 61.8 Å². The first-order valence-electron chi connectivity index (χ1n) is 8.45. The second-order valence-corrected chi connectivity index (χ2v) is 7.38. The zero-order valence-corrected chi connectivity index (χ0v) is 16.6. The molecular formula is C19H14ClFN6OS. The van der Waals surface area contributed by atoms with Gasteiger partial charge in [-0.25, -0.2) is 24.1 Å². The normalized spacial score (nSPS) is 10.7. The van der Waals surface area contributed by atoms with Crippen LogP contribution in [0.25, 0.3) is 10.3 Å². The van der Waals surface area contributed by atoms with E-state index < -0.39 is 11.8 Å². The molecule has 0 fully saturated rings. The highest BCUT2D eigenvalue weighted by molar-refractivity contribution is 7.22. The summed E-state index contributed by atoms with van der Waals surface area (Å²) >= 11 is 7.03. The number of nitrogens with zero attached hydrogens (tertiary/aromatic N) is 4. The van der Waals surface area contributed by atoms with Crippen molar-refractivity contribution in [3.63, 3.8) is 0 Å². The summed E-state index contributed by atoms with van der Waals surface area (Å²) in [7, 11) is 1.71. The van der Waals surface area contributed by atoms with Crippen LogP contribution in [-0.4, -0.2) is 28.0 Å². The summed E-state index contributed by atoms with van der Waals surface area (Å²) in [6, 6.07) is 12.7. The van der Waals surface area contributed by atoms with Crippen LogP contribution >= 0.6 is 22.9 Å². The van der Waals surface area contributed by atoms with E-state index in [9.17, 15) is 9.18 Å². The minimum atomic E-state index is -0.455. The summed E-state index contributed by atoms with van der Waals surface area (Å²) < 4.78 is 14.2. The second-order valence-electron chi connectivity index (χ2n) is 5.96. The predicted octanol–water partition coefficient (Wildman–Crippen LogP) is 5.29. The number of fused-ring (bicyclic) bond motifs is 1. The Morgan fingerprint density at radius 3 is 2.76 bits per heavy atom. The lowest BCUT2D eigenvalue weighted by molar-refractivity contribution is 0.262. The summed E-state index contributed by atoms with van der Waals surface area (Å²) in [5, 5.41) is 6.00. The molecule has 2 N–H and O–H groups in total. The molecule has 0 radical (unpaired) electrons. The molecule has 10 heteroatoms. The van der Waals surface area contributed by atoms with E-state index in [-0.39, 0.29) is 0 Å². The molecule has 4 rings (SSSR count). The lowest BCUT2D eigenvalue weighted by Crippen LogP contribution is -2.19. The average molecular weight is 429 g/mol. The Kier molecular flexibility index (Phi) is 5.24. The number of urea groups is 1. The highest BCUT2D eigenvalue weighted by Crippen LogP contribution is 2.31. The standard InChI is InChI=1S/C19H14ClFN6OS/c1-27(14-7-5-11(20)10-12(14)21)16-8-6-13-17(25-16)29-19(23-13)26-18(28)24-15-4-2-3-9-22-15/h2-10H,1H3,(H2,22,23,24,26,28). The molecule has 0 saturated carbocycles. The molecule has 0 spiro atoms. The Morgan fingerprint density at radius 1 is 1.14 bits per heavy atom. The number of anilines is 4. The fraction of sp³-hybridized carbons (Fsp3) is 0.0526. The lowest BCUT2D eigenvalue weighted by Gasteiger charge is -2.18. The van der Waals surface area contributed by atoms with Crippen LogP contribution in [0.15, 0.2) is 54.7 Å². The summed E-state index contributed by atoms with van der Waals surface area (Å²) in [5.74, 6) is 0.518. The Bertz CT molecular complexity index is 1190. The first kappa shape index (κ1) is 19.0. The third kappa shape index (κ3) is 4.25. The fourth-order valence-electron chi connectivity index (χ4n) is 2.61. The van der Waals surface area contributed by atoms with Gasteiger partial charge in [-0.1, -0.05) is 29.0 Å². The molecule has 0 bridgehead atoms. The lowest BCUT2D eigenvalue weighted by atomic mass is 10.2. The molecule has 29 heavy (non-hydrogen) atoms. The van der Waals surface area contributed by atoms with Gasteiger partial charge in [-0.3, -0.25) is 10.6 Å². The van der Waals surface area contributed by atoms with Crippen molar-refractivity contribution < 1.29 is 9.18 Å². The molecule has 0 aliphatic heterocycles. The van der Waals surface area contributed by atoms with E-state index in [0.29, 0.717) is 37.8 Å². The number of amides is 2. The molecule has 1 aromatic carbocycles. The first-order valence-corrected chi connectivity index (χ1v) is 9.64. The van der Waals surface area contributed by atoms with Crippen LogP contribution in [0.5, 0.6) is 0 Å². The molecule has 7 nitrogen and oxygen atoms in total. The summed E-state index contributed by atoms with van der Waals surface area (Å²) in [4.78, 5) is 27.2. The molecule has 3 aromatic heterocycles. The van der Waals surface area contributed by atoms with E-state index in [1.54, 1.807) is 60.6 Å². The minimum absolute atomic E-state index is 0.324. The smallest absolute Gasteiger partial charge is 0.326 e. The molecule has 2 amide bonds. The number of aromatic nitrogens is 3. The molecule has 4 aromatic rings. The monoisotopic (exact) mass is 428 g/mol. The van der Waals surface area contributed by atoms with Crippen LogP contribution < -0.4 is 15.5 Å². The van der Waals surface area contributed by atoms with Crippen LogP contribution in [0, 0.1) is 5.82 Å². The van der Waals surface area contributed by atoms with Crippen molar-refractivity contribution in [3.8, 4) is 0 Å². The van der Waals surface area contributed by atoms with Gasteiger partial charge in [-0.2, -0.15) is 0 Å². The van der Waals surface area contributed by atoms with E-state index in [0.717, 1.165) is 0 Å². The number of halogens is 2. The summed E-state index contributed by atoms with van der Waals surface area (Å²) in [6.07, 6.45) is 1.58. The number of hydrogen-bond acceptors (Lipinski definition) is 6. The van der Waals surface area contributed by atoms with Gasteiger partial charge in [0.2, 0.25) is 0 Å². The van der Waals surface area contributed by atoms with Crippen LogP contribution in [-0.2, 0) is 0 Å². The van der Waals surface area contributed by atoms with Gasteiger partial charge in [0.05, 0.1) is 5.69 Å². The Balaban J connectivity index is 1.53. The van der Waals surface area contributed by atoms with E-state index in [1.165, 1.54) is 17.4 Å². The Morgan fingerprint density at radius 2 is 2.00 bits per heavy atom. The highest BCUT2D eigenvalue weighted by Gasteiger charge is 2.14. The van der Waals surface area contributed by atoms with Crippen molar-refractivity contribution in [1.29, 1.82) is 0 Å². The zero-order valence-electron chi connectivity index (χ0n) is 15.1. The molecule has 0 atom stereocenters. The number of rotatable bonds is 4. The van der Waals surface area contributed by atoms with E-state index in [4.69, 9.17) is 11.6 Å². The van der Waals surface area contributed by atoms with Gasteiger partial charge in [0.15, 0.2) is 5.13 Å². The van der Waals surface area contributed by atoms with E-state index >= 15 is 0 Å². The van der Waals surface area contributed by atoms with Crippen molar-refractivity contribution in [2.45, 2.75) is 0 Å². The van der Waals surface area contributed by atoms with Gasteiger partial charge < -0.3 is 4.90 Å². The highest BCUT2D eigenvalue weighted by atomic mass is 35.5. The number of pyridine rings is 2.